The fourth-order valence-corrected chi connectivity index (χ4v) is 1.44. The van der Waals surface area contributed by atoms with E-state index in [0.29, 0.717) is 12.4 Å². The number of carboxylic acids is 1. The van der Waals surface area contributed by atoms with Crippen molar-refractivity contribution in [2.75, 3.05) is 0 Å². The van der Waals surface area contributed by atoms with Crippen molar-refractivity contribution < 1.29 is 9.90 Å². The molecule has 0 atom stereocenters. The van der Waals surface area contributed by atoms with Gasteiger partial charge in [0.1, 0.15) is 0 Å². The van der Waals surface area contributed by atoms with E-state index in [4.69, 9.17) is 5.11 Å². The molecule has 0 aliphatic heterocycles. The molecule has 0 saturated heterocycles. The van der Waals surface area contributed by atoms with Crippen LogP contribution in [0.25, 0.3) is 11.5 Å². The number of aromatic carboxylic acids is 1. The summed E-state index contributed by atoms with van der Waals surface area (Å²) in [5.41, 5.74) is 0.894. The molecule has 0 fully saturated rings. The van der Waals surface area contributed by atoms with Crippen LogP contribution in [0, 0.1) is 0 Å². The van der Waals surface area contributed by atoms with E-state index in [1.54, 1.807) is 17.0 Å². The number of imidazole rings is 1. The maximum atomic E-state index is 10.8. The maximum absolute atomic E-state index is 10.8. The second-order valence-corrected chi connectivity index (χ2v) is 3.12. The fourth-order valence-electron chi connectivity index (χ4n) is 1.44. The number of aryl methyl sites for hydroxylation is 1. The normalized spacial score (nSPS) is 10.5. The molecule has 78 valence electrons. The van der Waals surface area contributed by atoms with Crippen molar-refractivity contribution in [2.24, 2.45) is 0 Å². The van der Waals surface area contributed by atoms with Crippen LogP contribution in [0.15, 0.2) is 24.5 Å². The van der Waals surface area contributed by atoms with Crippen molar-refractivity contribution in [1.29, 1.82) is 0 Å². The van der Waals surface area contributed by atoms with Gasteiger partial charge in [0.05, 0.1) is 5.69 Å². The largest absolute Gasteiger partial charge is 0.476 e. The summed E-state index contributed by atoms with van der Waals surface area (Å²) >= 11 is 0. The zero-order valence-electron chi connectivity index (χ0n) is 8.27. The second kappa shape index (κ2) is 3.61. The minimum absolute atomic E-state index is 0.0708. The molecule has 0 spiro atoms. The molecule has 0 bridgehead atoms. The SMILES string of the molecule is CCn1cc(C(=O)O)nc1-c1ccc[nH]1. The second-order valence-electron chi connectivity index (χ2n) is 3.12. The summed E-state index contributed by atoms with van der Waals surface area (Å²) in [6.07, 6.45) is 3.32. The topological polar surface area (TPSA) is 70.9 Å². The molecule has 15 heavy (non-hydrogen) atoms. The van der Waals surface area contributed by atoms with E-state index in [9.17, 15) is 4.79 Å². The highest BCUT2D eigenvalue weighted by Gasteiger charge is 2.13. The van der Waals surface area contributed by atoms with E-state index in [-0.39, 0.29) is 5.69 Å². The number of aromatic amines is 1. The van der Waals surface area contributed by atoms with Gasteiger partial charge in [-0.2, -0.15) is 0 Å². The molecule has 2 heterocycles. The third-order valence-electron chi connectivity index (χ3n) is 2.18. The van der Waals surface area contributed by atoms with Crippen LogP contribution < -0.4 is 0 Å². The van der Waals surface area contributed by atoms with E-state index in [2.05, 4.69) is 9.97 Å². The lowest BCUT2D eigenvalue weighted by atomic mass is 10.4. The Kier molecular flexibility index (Phi) is 2.29. The first kappa shape index (κ1) is 9.51. The van der Waals surface area contributed by atoms with E-state index in [0.717, 1.165) is 5.69 Å². The van der Waals surface area contributed by atoms with Gasteiger partial charge in [0, 0.05) is 18.9 Å². The van der Waals surface area contributed by atoms with Gasteiger partial charge in [-0.25, -0.2) is 9.78 Å². The molecule has 0 aliphatic rings. The lowest BCUT2D eigenvalue weighted by Crippen LogP contribution is -1.95. The zero-order chi connectivity index (χ0) is 10.8. The zero-order valence-corrected chi connectivity index (χ0v) is 8.27. The molecular weight excluding hydrogens is 194 g/mol. The molecular formula is C10H11N3O2. The molecule has 0 unspecified atom stereocenters. The molecule has 0 aliphatic carbocycles. The Labute approximate surface area is 86.4 Å². The first-order chi connectivity index (χ1) is 7.22. The Balaban J connectivity index is 2.51. The average Bonchev–Trinajstić information content (AvgIpc) is 2.86. The minimum atomic E-state index is -1.00. The number of aromatic nitrogens is 3. The molecule has 0 amide bonds. The van der Waals surface area contributed by atoms with E-state index < -0.39 is 5.97 Å². The summed E-state index contributed by atoms with van der Waals surface area (Å²) in [4.78, 5) is 17.8. The monoisotopic (exact) mass is 205 g/mol. The highest BCUT2D eigenvalue weighted by molar-refractivity contribution is 5.85. The van der Waals surface area contributed by atoms with E-state index >= 15 is 0 Å². The van der Waals surface area contributed by atoms with Crippen molar-refractivity contribution >= 4 is 5.97 Å². The quantitative estimate of drug-likeness (QED) is 0.799. The van der Waals surface area contributed by atoms with Gasteiger partial charge in [0.15, 0.2) is 11.5 Å². The lowest BCUT2D eigenvalue weighted by Gasteiger charge is -2.00. The van der Waals surface area contributed by atoms with Gasteiger partial charge in [0.2, 0.25) is 0 Å². The third-order valence-corrected chi connectivity index (χ3v) is 2.18. The van der Waals surface area contributed by atoms with Crippen LogP contribution in [0.4, 0.5) is 0 Å². The van der Waals surface area contributed by atoms with Gasteiger partial charge >= 0.3 is 5.97 Å². The van der Waals surface area contributed by atoms with Crippen LogP contribution >= 0.6 is 0 Å². The fraction of sp³-hybridized carbons (Fsp3) is 0.200. The Morgan fingerprint density at radius 3 is 3.00 bits per heavy atom. The minimum Gasteiger partial charge on any atom is -0.476 e. The predicted octanol–water partition coefficient (Wildman–Crippen LogP) is 1.60. The number of carboxylic acid groups (broad SMARTS) is 1. The first-order valence-electron chi connectivity index (χ1n) is 4.66. The standard InChI is InChI=1S/C10H11N3O2/c1-2-13-6-8(10(14)15)12-9(13)7-4-3-5-11-7/h3-6,11H,2H2,1H3,(H,14,15). The summed E-state index contributed by atoms with van der Waals surface area (Å²) in [5.74, 6) is -0.352. The van der Waals surface area contributed by atoms with Crippen LogP contribution in [0.1, 0.15) is 17.4 Å². The van der Waals surface area contributed by atoms with Gasteiger partial charge in [-0.15, -0.1) is 0 Å². The van der Waals surface area contributed by atoms with Gasteiger partial charge in [-0.05, 0) is 19.1 Å². The molecule has 5 heteroatoms. The van der Waals surface area contributed by atoms with Crippen molar-refractivity contribution in [3.05, 3.63) is 30.2 Å². The van der Waals surface area contributed by atoms with Crippen LogP contribution in [0.5, 0.6) is 0 Å². The summed E-state index contributed by atoms with van der Waals surface area (Å²) in [5, 5.41) is 8.83. The molecule has 0 aromatic carbocycles. The highest BCUT2D eigenvalue weighted by Crippen LogP contribution is 2.16. The first-order valence-corrected chi connectivity index (χ1v) is 4.66. The molecule has 2 aromatic rings. The van der Waals surface area contributed by atoms with E-state index in [1.807, 2.05) is 19.1 Å². The third kappa shape index (κ3) is 1.63. The van der Waals surface area contributed by atoms with Crippen LogP contribution in [0.3, 0.4) is 0 Å². The number of carbonyl (C=O) groups is 1. The van der Waals surface area contributed by atoms with Crippen LogP contribution in [-0.4, -0.2) is 25.6 Å². The summed E-state index contributed by atoms with van der Waals surface area (Å²) in [6, 6.07) is 3.71. The van der Waals surface area contributed by atoms with Crippen LogP contribution in [0.2, 0.25) is 0 Å². The predicted molar refractivity (Wildman–Crippen MR) is 54.6 cm³/mol. The summed E-state index contributed by atoms with van der Waals surface area (Å²) in [7, 11) is 0. The Morgan fingerprint density at radius 2 is 2.47 bits per heavy atom. The van der Waals surface area contributed by atoms with Gasteiger partial charge in [-0.3, -0.25) is 0 Å². The number of hydrogen-bond acceptors (Lipinski definition) is 2. The number of nitrogens with one attached hydrogen (secondary N) is 1. The number of H-pyrrole nitrogens is 1. The maximum Gasteiger partial charge on any atom is 0.356 e. The molecule has 0 saturated carbocycles. The number of nitrogens with zero attached hydrogens (tertiary/aromatic N) is 2. The smallest absolute Gasteiger partial charge is 0.356 e. The van der Waals surface area contributed by atoms with Crippen molar-refractivity contribution in [2.45, 2.75) is 13.5 Å². The molecule has 5 nitrogen and oxygen atoms in total. The average molecular weight is 205 g/mol. The van der Waals surface area contributed by atoms with Crippen LogP contribution in [-0.2, 0) is 6.54 Å². The van der Waals surface area contributed by atoms with Gasteiger partial charge < -0.3 is 14.7 Å². The van der Waals surface area contributed by atoms with Crippen molar-refractivity contribution in [1.82, 2.24) is 14.5 Å². The molecule has 0 radical (unpaired) electrons. The van der Waals surface area contributed by atoms with Gasteiger partial charge in [-0.1, -0.05) is 0 Å². The van der Waals surface area contributed by atoms with Crippen molar-refractivity contribution in [3.8, 4) is 11.5 Å². The molecule has 2 rings (SSSR count). The Morgan fingerprint density at radius 1 is 1.67 bits per heavy atom. The Hall–Kier alpha value is -2.04. The van der Waals surface area contributed by atoms with E-state index in [1.165, 1.54) is 0 Å². The summed E-state index contributed by atoms with van der Waals surface area (Å²) in [6.45, 7) is 2.63. The summed E-state index contributed by atoms with van der Waals surface area (Å²) < 4.78 is 1.80. The van der Waals surface area contributed by atoms with Gasteiger partial charge in [0.25, 0.3) is 0 Å². The molecule has 2 aromatic heterocycles. The lowest BCUT2D eigenvalue weighted by molar-refractivity contribution is 0.0691. The highest BCUT2D eigenvalue weighted by atomic mass is 16.4. The van der Waals surface area contributed by atoms with Crippen molar-refractivity contribution in [3.63, 3.8) is 0 Å². The number of hydrogen-bond donors (Lipinski definition) is 2. The number of rotatable bonds is 3. The molecule has 2 N–H and O–H groups in total. The Bertz CT molecular complexity index is 471.